The molecule has 0 aliphatic carbocycles. The number of hydrogen-bond donors (Lipinski definition) is 0. The van der Waals surface area contributed by atoms with Crippen molar-refractivity contribution in [3.8, 4) is 0 Å². The summed E-state index contributed by atoms with van der Waals surface area (Å²) in [5.41, 5.74) is 5.07. The van der Waals surface area contributed by atoms with Crippen LogP contribution in [0, 0.1) is 13.8 Å². The summed E-state index contributed by atoms with van der Waals surface area (Å²) in [5, 5.41) is 0. The molecule has 0 aliphatic heterocycles. The lowest BCUT2D eigenvalue weighted by Crippen LogP contribution is -2.17. The molecular weight excluding hydrogens is 196 g/mol. The second-order valence-corrected chi connectivity index (χ2v) is 5.67. The highest BCUT2D eigenvalue weighted by Crippen LogP contribution is 2.26. The van der Waals surface area contributed by atoms with Crippen LogP contribution in [0.3, 0.4) is 0 Å². The Hall–Kier alpha value is -1.31. The van der Waals surface area contributed by atoms with E-state index in [4.69, 9.17) is 4.98 Å². The molecule has 1 aromatic carbocycles. The number of rotatable bonds is 0. The van der Waals surface area contributed by atoms with Gasteiger partial charge in [0.05, 0.1) is 11.0 Å². The summed E-state index contributed by atoms with van der Waals surface area (Å²) in [6.45, 7) is 10.9. The van der Waals surface area contributed by atoms with Gasteiger partial charge in [0.15, 0.2) is 0 Å². The molecule has 0 fully saturated rings. The van der Waals surface area contributed by atoms with Gasteiger partial charge in [0, 0.05) is 12.5 Å². The van der Waals surface area contributed by atoms with Gasteiger partial charge in [-0.25, -0.2) is 4.98 Å². The van der Waals surface area contributed by atoms with E-state index in [9.17, 15) is 0 Å². The highest BCUT2D eigenvalue weighted by Gasteiger charge is 2.21. The lowest BCUT2D eigenvalue weighted by atomic mass is 9.96. The molecule has 0 aliphatic rings. The van der Waals surface area contributed by atoms with E-state index in [0.29, 0.717) is 0 Å². The molecule has 0 amide bonds. The van der Waals surface area contributed by atoms with Gasteiger partial charge in [-0.2, -0.15) is 0 Å². The monoisotopic (exact) mass is 216 g/mol. The molecule has 0 atom stereocenters. The standard InChI is InChI=1S/C14H20N2/c1-9-7-11-12(8-10(9)2)16(6)13(15-11)14(3,4)5/h7-8H,1-6H3. The van der Waals surface area contributed by atoms with Gasteiger partial charge in [0.25, 0.3) is 0 Å². The van der Waals surface area contributed by atoms with Gasteiger partial charge < -0.3 is 4.57 Å². The van der Waals surface area contributed by atoms with Crippen molar-refractivity contribution in [2.45, 2.75) is 40.0 Å². The summed E-state index contributed by atoms with van der Waals surface area (Å²) < 4.78 is 2.21. The Labute approximate surface area is 97.3 Å². The van der Waals surface area contributed by atoms with E-state index in [2.05, 4.69) is 58.4 Å². The number of imidazole rings is 1. The van der Waals surface area contributed by atoms with Gasteiger partial charge >= 0.3 is 0 Å². The molecule has 0 saturated carbocycles. The zero-order chi connectivity index (χ0) is 12.1. The molecular formula is C14H20N2. The summed E-state index contributed by atoms with van der Waals surface area (Å²) >= 11 is 0. The number of hydrogen-bond acceptors (Lipinski definition) is 1. The van der Waals surface area contributed by atoms with E-state index >= 15 is 0 Å². The lowest BCUT2D eigenvalue weighted by Gasteiger charge is -2.17. The molecule has 0 spiro atoms. The zero-order valence-corrected chi connectivity index (χ0v) is 11.0. The molecule has 1 heterocycles. The van der Waals surface area contributed by atoms with Gasteiger partial charge in [-0.1, -0.05) is 20.8 Å². The fourth-order valence-corrected chi connectivity index (χ4v) is 2.12. The van der Waals surface area contributed by atoms with Gasteiger partial charge in [-0.15, -0.1) is 0 Å². The molecule has 0 bridgehead atoms. The third kappa shape index (κ3) is 1.62. The number of aryl methyl sites for hydroxylation is 3. The topological polar surface area (TPSA) is 17.8 Å². The summed E-state index contributed by atoms with van der Waals surface area (Å²) in [6.07, 6.45) is 0. The zero-order valence-electron chi connectivity index (χ0n) is 11.0. The van der Waals surface area contributed by atoms with Crippen LogP contribution in [0.15, 0.2) is 12.1 Å². The molecule has 2 nitrogen and oxygen atoms in total. The Morgan fingerprint density at radius 3 is 2.19 bits per heavy atom. The van der Waals surface area contributed by atoms with Crippen molar-refractivity contribution >= 4 is 11.0 Å². The maximum absolute atomic E-state index is 4.75. The highest BCUT2D eigenvalue weighted by atomic mass is 15.1. The number of benzene rings is 1. The molecule has 2 heteroatoms. The van der Waals surface area contributed by atoms with Crippen molar-refractivity contribution in [3.05, 3.63) is 29.1 Å². The second kappa shape index (κ2) is 3.34. The average molecular weight is 216 g/mol. The van der Waals surface area contributed by atoms with E-state index in [1.54, 1.807) is 0 Å². The van der Waals surface area contributed by atoms with Gasteiger partial charge in [0.1, 0.15) is 5.82 Å². The van der Waals surface area contributed by atoms with Gasteiger partial charge in [0.2, 0.25) is 0 Å². The quantitative estimate of drug-likeness (QED) is 0.659. The van der Waals surface area contributed by atoms with Crippen LogP contribution in [0.2, 0.25) is 0 Å². The van der Waals surface area contributed by atoms with Gasteiger partial charge in [-0.3, -0.25) is 0 Å². The maximum atomic E-state index is 4.75. The maximum Gasteiger partial charge on any atom is 0.115 e. The van der Waals surface area contributed by atoms with Crippen molar-refractivity contribution in [1.82, 2.24) is 9.55 Å². The Morgan fingerprint density at radius 2 is 1.62 bits per heavy atom. The molecule has 0 radical (unpaired) electrons. The smallest absolute Gasteiger partial charge is 0.115 e. The lowest BCUT2D eigenvalue weighted by molar-refractivity contribution is 0.526. The number of fused-ring (bicyclic) bond motifs is 1. The summed E-state index contributed by atoms with van der Waals surface area (Å²) in [5.74, 6) is 1.15. The van der Waals surface area contributed by atoms with Crippen molar-refractivity contribution in [2.75, 3.05) is 0 Å². The normalized spacial score (nSPS) is 12.4. The highest BCUT2D eigenvalue weighted by molar-refractivity contribution is 5.78. The average Bonchev–Trinajstić information content (AvgIpc) is 2.45. The predicted octanol–water partition coefficient (Wildman–Crippen LogP) is 3.49. The SMILES string of the molecule is Cc1cc2nc(C(C)(C)C)n(C)c2cc1C. The third-order valence-electron chi connectivity index (χ3n) is 3.17. The van der Waals surface area contributed by atoms with Crippen molar-refractivity contribution in [2.24, 2.45) is 7.05 Å². The van der Waals surface area contributed by atoms with Crippen molar-refractivity contribution in [3.63, 3.8) is 0 Å². The summed E-state index contributed by atoms with van der Waals surface area (Å²) in [6, 6.07) is 4.41. The van der Waals surface area contributed by atoms with E-state index in [1.807, 2.05) is 0 Å². The Balaban J connectivity index is 2.79. The van der Waals surface area contributed by atoms with E-state index in [-0.39, 0.29) is 5.41 Å². The number of nitrogens with zero attached hydrogens (tertiary/aromatic N) is 2. The van der Waals surface area contributed by atoms with Crippen LogP contribution in [-0.2, 0) is 12.5 Å². The molecule has 0 unspecified atom stereocenters. The molecule has 2 rings (SSSR count). The Bertz CT molecular complexity index is 542. The van der Waals surface area contributed by atoms with Crippen LogP contribution in [0.5, 0.6) is 0 Å². The molecule has 2 aromatic rings. The molecule has 0 N–H and O–H groups in total. The first-order valence-corrected chi connectivity index (χ1v) is 5.75. The van der Waals surface area contributed by atoms with Crippen LogP contribution >= 0.6 is 0 Å². The molecule has 16 heavy (non-hydrogen) atoms. The first kappa shape index (κ1) is 11.2. The summed E-state index contributed by atoms with van der Waals surface area (Å²) in [4.78, 5) is 4.75. The minimum atomic E-state index is 0.0928. The van der Waals surface area contributed by atoms with Crippen LogP contribution in [0.4, 0.5) is 0 Å². The predicted molar refractivity (Wildman–Crippen MR) is 68.9 cm³/mol. The minimum absolute atomic E-state index is 0.0928. The van der Waals surface area contributed by atoms with Crippen LogP contribution in [0.1, 0.15) is 37.7 Å². The largest absolute Gasteiger partial charge is 0.331 e. The fourth-order valence-electron chi connectivity index (χ4n) is 2.12. The van der Waals surface area contributed by atoms with Crippen molar-refractivity contribution < 1.29 is 0 Å². The molecule has 86 valence electrons. The minimum Gasteiger partial charge on any atom is -0.331 e. The molecule has 1 aromatic heterocycles. The van der Waals surface area contributed by atoms with E-state index < -0.39 is 0 Å². The first-order chi connectivity index (χ1) is 7.30. The Kier molecular flexibility index (Phi) is 2.33. The second-order valence-electron chi connectivity index (χ2n) is 5.67. The molecule has 0 saturated heterocycles. The van der Waals surface area contributed by atoms with Crippen LogP contribution in [0.25, 0.3) is 11.0 Å². The van der Waals surface area contributed by atoms with E-state index in [1.165, 1.54) is 16.6 Å². The summed E-state index contributed by atoms with van der Waals surface area (Å²) in [7, 11) is 2.10. The van der Waals surface area contributed by atoms with Gasteiger partial charge in [-0.05, 0) is 37.1 Å². The first-order valence-electron chi connectivity index (χ1n) is 5.75. The number of aromatic nitrogens is 2. The third-order valence-corrected chi connectivity index (χ3v) is 3.17. The van der Waals surface area contributed by atoms with Crippen molar-refractivity contribution in [1.29, 1.82) is 0 Å². The van der Waals surface area contributed by atoms with Crippen LogP contribution in [-0.4, -0.2) is 9.55 Å². The Morgan fingerprint density at radius 1 is 1.06 bits per heavy atom. The van der Waals surface area contributed by atoms with Crippen LogP contribution < -0.4 is 0 Å². The van der Waals surface area contributed by atoms with E-state index in [0.717, 1.165) is 11.3 Å². The fraction of sp³-hybridized carbons (Fsp3) is 0.500.